The summed E-state index contributed by atoms with van der Waals surface area (Å²) in [6.45, 7) is 5.05. The van der Waals surface area contributed by atoms with Gasteiger partial charge in [-0.05, 0) is 32.2 Å². The van der Waals surface area contributed by atoms with E-state index < -0.39 is 23.8 Å². The first-order valence-electron chi connectivity index (χ1n) is 5.50. The van der Waals surface area contributed by atoms with E-state index in [0.29, 0.717) is 6.42 Å². The van der Waals surface area contributed by atoms with Crippen molar-refractivity contribution in [2.24, 2.45) is 5.73 Å². The van der Waals surface area contributed by atoms with Crippen molar-refractivity contribution in [3.05, 3.63) is 22.4 Å². The van der Waals surface area contributed by atoms with E-state index in [-0.39, 0.29) is 0 Å². The fourth-order valence-corrected chi connectivity index (χ4v) is 1.92. The lowest BCUT2D eigenvalue weighted by atomic mass is 10.2. The van der Waals surface area contributed by atoms with E-state index in [1.807, 2.05) is 17.5 Å². The lowest BCUT2D eigenvalue weighted by Crippen LogP contribution is -2.37. The molecule has 1 heterocycles. The molecule has 0 spiro atoms. The lowest BCUT2D eigenvalue weighted by molar-refractivity contribution is -0.142. The summed E-state index contributed by atoms with van der Waals surface area (Å²) in [6.07, 6.45) is -0.673. The van der Waals surface area contributed by atoms with E-state index in [4.69, 9.17) is 10.5 Å². The Labute approximate surface area is 110 Å². The molecule has 0 fully saturated rings. The van der Waals surface area contributed by atoms with Crippen molar-refractivity contribution >= 4 is 23.5 Å². The van der Waals surface area contributed by atoms with Crippen LogP contribution in [0.5, 0.6) is 0 Å². The van der Waals surface area contributed by atoms with Crippen LogP contribution in [0.4, 0.5) is 4.79 Å². The van der Waals surface area contributed by atoms with E-state index in [2.05, 4.69) is 4.74 Å². The molecule has 0 radical (unpaired) electrons. The summed E-state index contributed by atoms with van der Waals surface area (Å²) < 4.78 is 9.38. The van der Waals surface area contributed by atoms with E-state index in [9.17, 15) is 9.59 Å². The monoisotopic (exact) mass is 271 g/mol. The van der Waals surface area contributed by atoms with E-state index in [1.54, 1.807) is 20.8 Å². The number of ether oxygens (including phenoxy) is 2. The van der Waals surface area contributed by atoms with Gasteiger partial charge in [-0.1, -0.05) is 6.07 Å². The van der Waals surface area contributed by atoms with E-state index in [0.717, 1.165) is 4.88 Å². The van der Waals surface area contributed by atoms with Crippen LogP contribution in [0, 0.1) is 0 Å². The van der Waals surface area contributed by atoms with Gasteiger partial charge < -0.3 is 15.2 Å². The van der Waals surface area contributed by atoms with Crippen LogP contribution in [0.3, 0.4) is 0 Å². The van der Waals surface area contributed by atoms with Gasteiger partial charge in [0.2, 0.25) is 0 Å². The van der Waals surface area contributed by atoms with Gasteiger partial charge in [-0.3, -0.25) is 0 Å². The van der Waals surface area contributed by atoms with Gasteiger partial charge in [-0.25, -0.2) is 9.59 Å². The Morgan fingerprint density at radius 1 is 1.44 bits per heavy atom. The maximum absolute atomic E-state index is 11.5. The third-order valence-electron chi connectivity index (χ3n) is 1.88. The summed E-state index contributed by atoms with van der Waals surface area (Å²) >= 11 is 1.49. The Morgan fingerprint density at radius 3 is 2.61 bits per heavy atom. The first-order valence-corrected chi connectivity index (χ1v) is 6.38. The number of carbonyl (C=O) groups is 2. The van der Waals surface area contributed by atoms with Crippen molar-refractivity contribution in [3.63, 3.8) is 0 Å². The summed E-state index contributed by atoms with van der Waals surface area (Å²) in [7, 11) is 0. The van der Waals surface area contributed by atoms with Gasteiger partial charge in [-0.15, -0.1) is 11.3 Å². The quantitative estimate of drug-likeness (QED) is 0.672. The zero-order valence-corrected chi connectivity index (χ0v) is 11.5. The molecule has 0 saturated heterocycles. The summed E-state index contributed by atoms with van der Waals surface area (Å²) in [5.74, 6) is -0.780. The average molecular weight is 271 g/mol. The number of nitrogens with two attached hydrogens (primary N) is 1. The summed E-state index contributed by atoms with van der Waals surface area (Å²) in [6, 6.07) is 2.87. The third-order valence-corrected chi connectivity index (χ3v) is 2.78. The number of carbonyl (C=O) groups excluding carboxylic acids is 2. The topological polar surface area (TPSA) is 78.6 Å². The highest BCUT2D eigenvalue weighted by Crippen LogP contribution is 2.12. The van der Waals surface area contributed by atoms with Crippen LogP contribution in [-0.4, -0.2) is 23.8 Å². The fourth-order valence-electron chi connectivity index (χ4n) is 1.16. The molecule has 0 bridgehead atoms. The van der Waals surface area contributed by atoms with Crippen molar-refractivity contribution in [1.82, 2.24) is 0 Å². The first-order chi connectivity index (χ1) is 8.28. The number of hydrogen-bond acceptors (Lipinski definition) is 6. The van der Waals surface area contributed by atoms with Crippen molar-refractivity contribution < 1.29 is 19.1 Å². The molecular formula is C12H17NO4S. The van der Waals surface area contributed by atoms with Crippen molar-refractivity contribution in [3.8, 4) is 0 Å². The molecule has 5 nitrogen and oxygen atoms in total. The minimum absolute atomic E-state index is 0.347. The Morgan fingerprint density at radius 2 is 2.11 bits per heavy atom. The highest BCUT2D eigenvalue weighted by Gasteiger charge is 2.24. The average Bonchev–Trinajstić information content (AvgIpc) is 2.66. The normalized spacial score (nSPS) is 12.9. The molecule has 1 rings (SSSR count). The first kappa shape index (κ1) is 14.7. The number of esters is 1. The van der Waals surface area contributed by atoms with Crippen LogP contribution in [0.2, 0.25) is 0 Å². The summed E-state index contributed by atoms with van der Waals surface area (Å²) in [5.41, 5.74) is 4.95. The minimum atomic E-state index is -1.02. The summed E-state index contributed by atoms with van der Waals surface area (Å²) in [5, 5.41) is 1.89. The van der Waals surface area contributed by atoms with Crippen molar-refractivity contribution in [1.29, 1.82) is 0 Å². The lowest BCUT2D eigenvalue weighted by Gasteiger charge is -2.18. The molecule has 18 heavy (non-hydrogen) atoms. The molecule has 1 aromatic rings. The number of thiophene rings is 1. The smallest absolute Gasteiger partial charge is 0.428 e. The second kappa shape index (κ2) is 5.97. The molecule has 0 aliphatic heterocycles. The van der Waals surface area contributed by atoms with Gasteiger partial charge in [0.25, 0.3) is 0 Å². The zero-order valence-electron chi connectivity index (χ0n) is 10.6. The Balaban J connectivity index is 2.43. The molecule has 0 aliphatic rings. The second-order valence-electron chi connectivity index (χ2n) is 4.78. The van der Waals surface area contributed by atoms with Crippen LogP contribution in [-0.2, 0) is 20.7 Å². The van der Waals surface area contributed by atoms with Crippen LogP contribution < -0.4 is 5.73 Å². The van der Waals surface area contributed by atoms with E-state index in [1.165, 1.54) is 11.3 Å². The second-order valence-corrected chi connectivity index (χ2v) is 5.81. The zero-order chi connectivity index (χ0) is 13.8. The van der Waals surface area contributed by atoms with Crippen molar-refractivity contribution in [2.45, 2.75) is 38.8 Å². The predicted molar refractivity (Wildman–Crippen MR) is 68.3 cm³/mol. The third kappa shape index (κ3) is 5.29. The molecule has 100 valence electrons. The SMILES string of the molecule is CC(C)(C)OC(=O)OC(=O)[C@@H](N)Cc1cccs1. The Bertz CT molecular complexity index is 408. The molecule has 0 unspecified atom stereocenters. The maximum atomic E-state index is 11.5. The molecule has 1 atom stereocenters. The number of hydrogen-bond donors (Lipinski definition) is 1. The standard InChI is InChI=1S/C12H17NO4S/c1-12(2,3)17-11(15)16-10(14)9(13)7-8-5-4-6-18-8/h4-6,9H,7,13H2,1-3H3/t9-/m0/s1. The molecule has 1 aromatic heterocycles. The van der Waals surface area contributed by atoms with Gasteiger partial charge in [-0.2, -0.15) is 0 Å². The number of rotatable bonds is 3. The molecule has 6 heteroatoms. The largest absolute Gasteiger partial charge is 0.516 e. The van der Waals surface area contributed by atoms with Crippen molar-refractivity contribution in [2.75, 3.05) is 0 Å². The van der Waals surface area contributed by atoms with Gasteiger partial charge in [0, 0.05) is 11.3 Å². The van der Waals surface area contributed by atoms with Crippen LogP contribution in [0.15, 0.2) is 17.5 Å². The molecule has 0 saturated carbocycles. The molecule has 2 N–H and O–H groups in total. The highest BCUT2D eigenvalue weighted by atomic mass is 32.1. The van der Waals surface area contributed by atoms with Crippen LogP contribution >= 0.6 is 11.3 Å². The van der Waals surface area contributed by atoms with Gasteiger partial charge in [0.1, 0.15) is 11.6 Å². The van der Waals surface area contributed by atoms with E-state index >= 15 is 0 Å². The highest BCUT2D eigenvalue weighted by molar-refractivity contribution is 7.09. The van der Waals surface area contributed by atoms with Crippen LogP contribution in [0.1, 0.15) is 25.6 Å². The van der Waals surface area contributed by atoms with Gasteiger partial charge in [0.05, 0.1) is 0 Å². The van der Waals surface area contributed by atoms with Crippen LogP contribution in [0.25, 0.3) is 0 Å². The Kier molecular flexibility index (Phi) is 4.86. The van der Waals surface area contributed by atoms with Gasteiger partial charge >= 0.3 is 12.1 Å². The van der Waals surface area contributed by atoms with Gasteiger partial charge in [0.15, 0.2) is 0 Å². The maximum Gasteiger partial charge on any atom is 0.516 e. The fraction of sp³-hybridized carbons (Fsp3) is 0.500. The molecule has 0 amide bonds. The Hall–Kier alpha value is -1.40. The predicted octanol–water partition coefficient (Wildman–Crippen LogP) is 2.10. The summed E-state index contributed by atoms with van der Waals surface area (Å²) in [4.78, 5) is 23.7. The molecule has 0 aromatic carbocycles. The minimum Gasteiger partial charge on any atom is -0.428 e. The molecular weight excluding hydrogens is 254 g/mol. The molecule has 0 aliphatic carbocycles.